The van der Waals surface area contributed by atoms with Gasteiger partial charge in [0.2, 0.25) is 0 Å². The van der Waals surface area contributed by atoms with Gasteiger partial charge in [0.05, 0.1) is 6.04 Å². The second-order valence-electron chi connectivity index (χ2n) is 8.73. The Morgan fingerprint density at radius 3 is 2.93 bits per heavy atom. The molecule has 1 fully saturated rings. The lowest BCUT2D eigenvalue weighted by Crippen LogP contribution is -2.67. The van der Waals surface area contributed by atoms with E-state index in [2.05, 4.69) is 29.2 Å². The summed E-state index contributed by atoms with van der Waals surface area (Å²) in [6.07, 6.45) is 1.74. The number of anilines is 1. The number of aromatic nitrogens is 1. The topological polar surface area (TPSA) is 81.8 Å². The zero-order valence-electron chi connectivity index (χ0n) is 17.4. The van der Waals surface area contributed by atoms with E-state index in [0.717, 1.165) is 24.9 Å². The van der Waals surface area contributed by atoms with Crippen molar-refractivity contribution in [1.82, 2.24) is 14.8 Å². The van der Waals surface area contributed by atoms with Crippen LogP contribution in [0.25, 0.3) is 11.1 Å². The van der Waals surface area contributed by atoms with Crippen molar-refractivity contribution in [1.29, 1.82) is 0 Å². The van der Waals surface area contributed by atoms with Gasteiger partial charge in [-0.2, -0.15) is 4.98 Å². The molecule has 1 saturated heterocycles. The number of piperidine rings is 1. The van der Waals surface area contributed by atoms with Gasteiger partial charge in [-0.3, -0.25) is 5.32 Å². The smallest absolute Gasteiger partial charge is 0.325 e. The van der Waals surface area contributed by atoms with Crippen molar-refractivity contribution < 1.29 is 14.3 Å². The second kappa shape index (κ2) is 6.74. The number of aromatic hydroxyl groups is 1. The number of rotatable bonds is 2. The number of fused-ring (bicyclic) bond motifs is 5. The zero-order chi connectivity index (χ0) is 21.0. The molecule has 0 radical (unpaired) electrons. The summed E-state index contributed by atoms with van der Waals surface area (Å²) in [6, 6.07) is 13.2. The first-order valence-electron chi connectivity index (χ1n) is 10.3. The van der Waals surface area contributed by atoms with E-state index in [1.807, 2.05) is 43.4 Å². The Bertz CT molecular complexity index is 1090. The van der Waals surface area contributed by atoms with Crippen LogP contribution in [0.1, 0.15) is 24.5 Å². The summed E-state index contributed by atoms with van der Waals surface area (Å²) in [5.41, 5.74) is 3.48. The summed E-state index contributed by atoms with van der Waals surface area (Å²) < 4.78 is 5.68. The third-order valence-corrected chi connectivity index (χ3v) is 6.95. The number of oxazole rings is 1. The molecule has 7 nitrogen and oxygen atoms in total. The van der Waals surface area contributed by atoms with E-state index >= 15 is 0 Å². The van der Waals surface area contributed by atoms with Crippen LogP contribution < -0.4 is 5.32 Å². The SMILES string of the molecule is CN1CC[C@@]2(C)c3cc(O)ccc3C[C@@H]1[C@@H]2N(C)C(=O)Nc1nc2ccccc2o1. The molecule has 2 amide bonds. The summed E-state index contributed by atoms with van der Waals surface area (Å²) in [5.74, 6) is 0.268. The minimum absolute atomic E-state index is 0.0464. The van der Waals surface area contributed by atoms with Crippen molar-refractivity contribution in [3.05, 3.63) is 53.6 Å². The lowest BCUT2D eigenvalue weighted by molar-refractivity contribution is 0.0212. The van der Waals surface area contributed by atoms with Crippen molar-refractivity contribution in [3.8, 4) is 5.75 Å². The number of nitrogens with one attached hydrogen (secondary N) is 1. The average Bonchev–Trinajstić information content (AvgIpc) is 3.13. The Morgan fingerprint density at radius 1 is 1.33 bits per heavy atom. The molecule has 1 aliphatic carbocycles. The summed E-state index contributed by atoms with van der Waals surface area (Å²) >= 11 is 0. The van der Waals surface area contributed by atoms with Gasteiger partial charge in [0.1, 0.15) is 11.3 Å². The summed E-state index contributed by atoms with van der Waals surface area (Å²) in [6.45, 7) is 3.16. The number of amides is 2. The number of carbonyl (C=O) groups is 1. The predicted molar refractivity (Wildman–Crippen MR) is 115 cm³/mol. The third kappa shape index (κ3) is 2.84. The maximum absolute atomic E-state index is 13.2. The van der Waals surface area contributed by atoms with E-state index in [4.69, 9.17) is 4.42 Å². The fraction of sp³-hybridized carbons (Fsp3) is 0.391. The third-order valence-electron chi connectivity index (χ3n) is 6.95. The zero-order valence-corrected chi connectivity index (χ0v) is 17.4. The highest BCUT2D eigenvalue weighted by Gasteiger charge is 2.52. The molecule has 30 heavy (non-hydrogen) atoms. The summed E-state index contributed by atoms with van der Waals surface area (Å²) in [7, 11) is 3.95. The molecule has 0 saturated carbocycles. The lowest BCUT2D eigenvalue weighted by Gasteiger charge is -2.57. The van der Waals surface area contributed by atoms with Gasteiger partial charge in [0.15, 0.2) is 5.58 Å². The fourth-order valence-electron chi connectivity index (χ4n) is 5.37. The Kier molecular flexibility index (Phi) is 4.25. The van der Waals surface area contributed by atoms with E-state index in [-0.39, 0.29) is 35.3 Å². The van der Waals surface area contributed by atoms with Crippen LogP contribution in [0.15, 0.2) is 46.9 Å². The lowest BCUT2D eigenvalue weighted by atomic mass is 9.61. The van der Waals surface area contributed by atoms with Crippen molar-refractivity contribution in [2.24, 2.45) is 0 Å². The standard InChI is InChI=1S/C23H26N4O3/c1-23-10-11-26(2)18(12-14-8-9-15(28)13-16(14)23)20(23)27(3)22(29)25-21-24-17-6-4-5-7-19(17)30-21/h4-9,13,18,20,28H,10-12H2,1-3H3,(H,24,25,29)/t18-,20+,23+/m1/s1. The fourth-order valence-corrected chi connectivity index (χ4v) is 5.37. The molecule has 3 atom stereocenters. The monoisotopic (exact) mass is 406 g/mol. The number of likely N-dealkylation sites (tertiary alicyclic amines) is 1. The average molecular weight is 406 g/mol. The van der Waals surface area contributed by atoms with E-state index < -0.39 is 0 Å². The number of carbonyl (C=O) groups excluding carboxylic acids is 1. The van der Waals surface area contributed by atoms with Crippen LogP contribution in [-0.2, 0) is 11.8 Å². The highest BCUT2D eigenvalue weighted by atomic mass is 16.4. The van der Waals surface area contributed by atoms with Crippen LogP contribution in [0.4, 0.5) is 10.8 Å². The first-order valence-corrected chi connectivity index (χ1v) is 10.3. The molecule has 1 aromatic heterocycles. The van der Waals surface area contributed by atoms with Crippen LogP contribution in [0.3, 0.4) is 0 Å². The molecule has 2 aromatic carbocycles. The number of hydrogen-bond donors (Lipinski definition) is 2. The van der Waals surface area contributed by atoms with Gasteiger partial charge < -0.3 is 19.3 Å². The van der Waals surface area contributed by atoms with E-state index in [9.17, 15) is 9.90 Å². The quantitative estimate of drug-likeness (QED) is 0.680. The molecule has 7 heteroatoms. The van der Waals surface area contributed by atoms with Crippen LogP contribution in [0, 0.1) is 0 Å². The van der Waals surface area contributed by atoms with Gasteiger partial charge in [0, 0.05) is 18.5 Å². The maximum Gasteiger partial charge on any atom is 0.325 e. The molecule has 156 valence electrons. The molecular formula is C23H26N4O3. The molecule has 3 aromatic rings. The molecule has 1 aliphatic heterocycles. The Morgan fingerprint density at radius 2 is 2.13 bits per heavy atom. The Hall–Kier alpha value is -3.06. The number of nitrogens with zero attached hydrogens (tertiary/aromatic N) is 3. The Balaban J connectivity index is 1.47. The molecule has 2 aliphatic rings. The van der Waals surface area contributed by atoms with Crippen molar-refractivity contribution in [2.75, 3.05) is 26.0 Å². The van der Waals surface area contributed by atoms with Crippen molar-refractivity contribution in [2.45, 2.75) is 37.3 Å². The molecule has 0 unspecified atom stereocenters. The van der Waals surface area contributed by atoms with Gasteiger partial charge in [-0.25, -0.2) is 4.79 Å². The van der Waals surface area contributed by atoms with E-state index in [1.54, 1.807) is 11.0 Å². The first-order chi connectivity index (χ1) is 14.4. The molecule has 5 rings (SSSR count). The van der Waals surface area contributed by atoms with E-state index in [0.29, 0.717) is 11.1 Å². The molecule has 2 heterocycles. The van der Waals surface area contributed by atoms with E-state index in [1.165, 1.54) is 5.56 Å². The van der Waals surface area contributed by atoms with Crippen molar-refractivity contribution in [3.63, 3.8) is 0 Å². The second-order valence-corrected chi connectivity index (χ2v) is 8.73. The number of phenols is 1. The van der Waals surface area contributed by atoms with Crippen LogP contribution in [0.2, 0.25) is 0 Å². The minimum atomic E-state index is -0.253. The summed E-state index contributed by atoms with van der Waals surface area (Å²) in [5, 5.41) is 13.0. The molecule has 0 spiro atoms. The van der Waals surface area contributed by atoms with Gasteiger partial charge in [0.25, 0.3) is 0 Å². The normalized spacial score (nSPS) is 25.7. The molecule has 2 N–H and O–H groups in total. The highest BCUT2D eigenvalue weighted by Crippen LogP contribution is 2.47. The first kappa shape index (κ1) is 18.9. The molecular weight excluding hydrogens is 380 g/mol. The largest absolute Gasteiger partial charge is 0.508 e. The number of benzene rings is 2. The summed E-state index contributed by atoms with van der Waals surface area (Å²) in [4.78, 5) is 21.7. The van der Waals surface area contributed by atoms with Gasteiger partial charge >= 0.3 is 12.0 Å². The van der Waals surface area contributed by atoms with Crippen molar-refractivity contribution >= 4 is 23.1 Å². The predicted octanol–water partition coefficient (Wildman–Crippen LogP) is 3.58. The number of phenolic OH excluding ortho intramolecular Hbond substituents is 1. The van der Waals surface area contributed by atoms with Gasteiger partial charge in [-0.15, -0.1) is 0 Å². The molecule has 2 bridgehead atoms. The number of urea groups is 1. The van der Waals surface area contributed by atoms with Gasteiger partial charge in [-0.1, -0.05) is 25.1 Å². The highest BCUT2D eigenvalue weighted by molar-refractivity contribution is 5.89. The van der Waals surface area contributed by atoms with Crippen LogP contribution in [-0.4, -0.2) is 58.6 Å². The van der Waals surface area contributed by atoms with Gasteiger partial charge in [-0.05, 0) is 61.8 Å². The van der Waals surface area contributed by atoms with Crippen LogP contribution >= 0.6 is 0 Å². The van der Waals surface area contributed by atoms with Crippen LogP contribution in [0.5, 0.6) is 5.75 Å². The number of likely N-dealkylation sites (N-methyl/N-ethyl adjacent to an activating group) is 2. The number of para-hydroxylation sites is 2. The minimum Gasteiger partial charge on any atom is -0.508 e. The maximum atomic E-state index is 13.2. The number of hydrogen-bond acceptors (Lipinski definition) is 5. The Labute approximate surface area is 175 Å².